The zero-order valence-corrected chi connectivity index (χ0v) is 23.0. The Kier molecular flexibility index (Phi) is 7.72. The van der Waals surface area contributed by atoms with Gasteiger partial charge in [-0.3, -0.25) is 14.5 Å². The van der Waals surface area contributed by atoms with E-state index >= 15 is 0 Å². The third-order valence-corrected chi connectivity index (χ3v) is 8.88. The monoisotopic (exact) mass is 495 g/mol. The maximum Gasteiger partial charge on any atom is 0.258 e. The Balaban J connectivity index is 1.60. The zero-order valence-electron chi connectivity index (χ0n) is 22.2. The molecule has 4 rings (SSSR count). The first-order chi connectivity index (χ1) is 16.5. The minimum atomic E-state index is -0.120. The van der Waals surface area contributed by atoms with Crippen LogP contribution in [0.3, 0.4) is 0 Å². The summed E-state index contributed by atoms with van der Waals surface area (Å²) >= 11 is 1.61. The number of anilines is 2. The van der Waals surface area contributed by atoms with Gasteiger partial charge in [0, 0.05) is 17.1 Å². The molecule has 1 aromatic heterocycles. The van der Waals surface area contributed by atoms with Crippen LogP contribution in [0.2, 0.25) is 0 Å². The van der Waals surface area contributed by atoms with Gasteiger partial charge in [0.25, 0.3) is 5.91 Å². The second-order valence-corrected chi connectivity index (χ2v) is 12.9. The molecular weight excluding hydrogens is 454 g/mol. The molecule has 2 aliphatic rings. The fourth-order valence-electron chi connectivity index (χ4n) is 5.59. The first kappa shape index (κ1) is 25.9. The fraction of sp³-hybridized carbons (Fsp3) is 0.586. The van der Waals surface area contributed by atoms with Crippen LogP contribution in [-0.4, -0.2) is 36.3 Å². The van der Waals surface area contributed by atoms with E-state index in [0.29, 0.717) is 28.9 Å². The van der Waals surface area contributed by atoms with E-state index in [-0.39, 0.29) is 17.2 Å². The number of carbonyl (C=O) groups excluding carboxylic acids is 2. The van der Waals surface area contributed by atoms with Crippen LogP contribution in [0.1, 0.15) is 78.9 Å². The summed E-state index contributed by atoms with van der Waals surface area (Å²) in [5, 5.41) is 7.00. The summed E-state index contributed by atoms with van der Waals surface area (Å²) in [4.78, 5) is 30.2. The third-order valence-electron chi connectivity index (χ3n) is 7.71. The van der Waals surface area contributed by atoms with Crippen LogP contribution in [0.5, 0.6) is 0 Å². The van der Waals surface area contributed by atoms with E-state index < -0.39 is 0 Å². The summed E-state index contributed by atoms with van der Waals surface area (Å²) in [6, 6.07) is 6.06. The molecule has 1 aromatic carbocycles. The lowest BCUT2D eigenvalue weighted by molar-refractivity contribution is -0.117. The van der Waals surface area contributed by atoms with Crippen LogP contribution in [0.25, 0.3) is 0 Å². The Morgan fingerprint density at radius 1 is 1.14 bits per heavy atom. The molecule has 0 radical (unpaired) electrons. The van der Waals surface area contributed by atoms with Crippen LogP contribution in [0.4, 0.5) is 10.7 Å². The first-order valence-electron chi connectivity index (χ1n) is 13.1. The lowest BCUT2D eigenvalue weighted by Crippen LogP contribution is -2.39. The van der Waals surface area contributed by atoms with Crippen molar-refractivity contribution in [2.24, 2.45) is 17.3 Å². The molecule has 2 atom stereocenters. The minimum absolute atomic E-state index is 0.0226. The molecule has 2 heterocycles. The molecule has 1 aliphatic heterocycles. The first-order valence-corrected chi connectivity index (χ1v) is 13.9. The minimum Gasteiger partial charge on any atom is -0.322 e. The topological polar surface area (TPSA) is 61.4 Å². The van der Waals surface area contributed by atoms with E-state index in [2.05, 4.69) is 56.2 Å². The van der Waals surface area contributed by atoms with Crippen LogP contribution in [-0.2, 0) is 17.6 Å². The number of benzene rings is 1. The van der Waals surface area contributed by atoms with E-state index in [4.69, 9.17) is 0 Å². The third kappa shape index (κ3) is 6.15. The molecule has 2 amide bonds. The van der Waals surface area contributed by atoms with Crippen LogP contribution in [0.15, 0.2) is 18.2 Å². The highest BCUT2D eigenvalue weighted by Crippen LogP contribution is 2.44. The number of aryl methyl sites for hydroxylation is 2. The number of nitrogens with one attached hydrogen (secondary N) is 2. The van der Waals surface area contributed by atoms with Crippen LogP contribution in [0, 0.1) is 31.1 Å². The highest BCUT2D eigenvalue weighted by atomic mass is 32.1. The van der Waals surface area contributed by atoms with Crippen LogP contribution < -0.4 is 10.6 Å². The smallest absolute Gasteiger partial charge is 0.258 e. The number of fused-ring (bicyclic) bond motifs is 1. The molecular formula is C29H41N3O2S. The number of hydrogen-bond acceptors (Lipinski definition) is 4. The van der Waals surface area contributed by atoms with Gasteiger partial charge in [0.05, 0.1) is 12.1 Å². The molecule has 1 saturated heterocycles. The van der Waals surface area contributed by atoms with Crippen molar-refractivity contribution >= 4 is 33.8 Å². The Morgan fingerprint density at radius 2 is 1.91 bits per heavy atom. The Bertz CT molecular complexity index is 1100. The number of carbonyl (C=O) groups is 2. The predicted molar refractivity (Wildman–Crippen MR) is 147 cm³/mol. The molecule has 35 heavy (non-hydrogen) atoms. The van der Waals surface area contributed by atoms with Crippen molar-refractivity contribution in [3.63, 3.8) is 0 Å². The van der Waals surface area contributed by atoms with Gasteiger partial charge in [-0.2, -0.15) is 0 Å². The number of nitrogens with zero attached hydrogens (tertiary/aromatic N) is 1. The highest BCUT2D eigenvalue weighted by molar-refractivity contribution is 7.17. The molecule has 6 heteroatoms. The number of hydrogen-bond donors (Lipinski definition) is 2. The van der Waals surface area contributed by atoms with Crippen molar-refractivity contribution < 1.29 is 9.59 Å². The number of thiophene rings is 1. The maximum atomic E-state index is 13.6. The molecule has 5 nitrogen and oxygen atoms in total. The van der Waals surface area contributed by atoms with E-state index in [1.807, 2.05) is 19.1 Å². The second-order valence-electron chi connectivity index (χ2n) is 11.8. The molecule has 0 bridgehead atoms. The molecule has 1 fully saturated rings. The van der Waals surface area contributed by atoms with Gasteiger partial charge in [-0.15, -0.1) is 11.3 Å². The van der Waals surface area contributed by atoms with Crippen molar-refractivity contribution in [2.45, 2.75) is 73.6 Å². The number of piperidine rings is 1. The summed E-state index contributed by atoms with van der Waals surface area (Å²) in [6.45, 7) is 15.5. The summed E-state index contributed by atoms with van der Waals surface area (Å²) in [6.07, 6.45) is 5.28. The van der Waals surface area contributed by atoms with Crippen molar-refractivity contribution in [1.29, 1.82) is 0 Å². The Labute approximate surface area is 214 Å². The molecule has 2 N–H and O–H groups in total. The number of rotatable bonds is 5. The Morgan fingerprint density at radius 3 is 2.60 bits per heavy atom. The van der Waals surface area contributed by atoms with E-state index in [1.54, 1.807) is 11.3 Å². The second kappa shape index (κ2) is 10.4. The summed E-state index contributed by atoms with van der Waals surface area (Å²) < 4.78 is 0. The standard InChI is InChI=1S/C29H41N3O2S/c1-18-9-12-23(20(3)14-18)30-27(34)26-22-11-10-21(29(4,5)6)15-24(22)35-28(26)31-25(33)17-32-13-7-8-19(2)16-32/h9,12,14,19,21H,7-8,10-11,13,15-17H2,1-6H3,(H,30,34)(H,31,33)/t19-,21+/m1/s1. The molecule has 0 spiro atoms. The Hall–Kier alpha value is -2.18. The summed E-state index contributed by atoms with van der Waals surface area (Å²) in [5.41, 5.74) is 5.04. The van der Waals surface area contributed by atoms with Gasteiger partial charge in [-0.25, -0.2) is 0 Å². The zero-order chi connectivity index (χ0) is 25.3. The van der Waals surface area contributed by atoms with E-state index in [0.717, 1.165) is 55.6 Å². The molecule has 1 aliphatic carbocycles. The number of amides is 2. The maximum absolute atomic E-state index is 13.6. The van der Waals surface area contributed by atoms with Crippen molar-refractivity contribution in [1.82, 2.24) is 4.90 Å². The van der Waals surface area contributed by atoms with Gasteiger partial charge in [-0.05, 0) is 86.9 Å². The largest absolute Gasteiger partial charge is 0.322 e. The lowest BCUT2D eigenvalue weighted by atomic mass is 9.72. The summed E-state index contributed by atoms with van der Waals surface area (Å²) in [5.74, 6) is 1.05. The quantitative estimate of drug-likeness (QED) is 0.502. The van der Waals surface area contributed by atoms with Gasteiger partial charge in [0.15, 0.2) is 0 Å². The van der Waals surface area contributed by atoms with Crippen LogP contribution >= 0.6 is 11.3 Å². The molecule has 190 valence electrons. The van der Waals surface area contributed by atoms with Crippen molar-refractivity contribution in [2.75, 3.05) is 30.3 Å². The lowest BCUT2D eigenvalue weighted by Gasteiger charge is -2.33. The van der Waals surface area contributed by atoms with Crippen molar-refractivity contribution in [3.05, 3.63) is 45.3 Å². The number of likely N-dealkylation sites (tertiary alicyclic amines) is 1. The molecule has 0 unspecified atom stereocenters. The van der Waals surface area contributed by atoms with E-state index in [1.165, 1.54) is 16.9 Å². The van der Waals surface area contributed by atoms with E-state index in [9.17, 15) is 9.59 Å². The van der Waals surface area contributed by atoms with Gasteiger partial charge >= 0.3 is 0 Å². The van der Waals surface area contributed by atoms with Gasteiger partial charge < -0.3 is 10.6 Å². The molecule has 0 saturated carbocycles. The van der Waals surface area contributed by atoms with Gasteiger partial charge in [-0.1, -0.05) is 45.4 Å². The van der Waals surface area contributed by atoms with Gasteiger partial charge in [0.2, 0.25) is 5.91 Å². The average Bonchev–Trinajstić information content (AvgIpc) is 3.12. The summed E-state index contributed by atoms with van der Waals surface area (Å²) in [7, 11) is 0. The van der Waals surface area contributed by atoms with Crippen molar-refractivity contribution in [3.8, 4) is 0 Å². The molecule has 2 aromatic rings. The normalized spacial score (nSPS) is 20.9. The predicted octanol–water partition coefficient (Wildman–Crippen LogP) is 6.44. The van der Waals surface area contributed by atoms with Gasteiger partial charge in [0.1, 0.15) is 5.00 Å². The SMILES string of the molecule is Cc1ccc(NC(=O)c2c(NC(=O)CN3CCC[C@@H](C)C3)sc3c2CC[C@H](C(C)(C)C)C3)c(C)c1. The highest BCUT2D eigenvalue weighted by Gasteiger charge is 2.34. The average molecular weight is 496 g/mol. The fourth-order valence-corrected chi connectivity index (χ4v) is 6.93.